The molecule has 0 aliphatic carbocycles. The summed E-state index contributed by atoms with van der Waals surface area (Å²) < 4.78 is 47.4. The quantitative estimate of drug-likeness (QED) is 0.722. The number of H-pyrrole nitrogens is 1. The van der Waals surface area contributed by atoms with Gasteiger partial charge in [0.2, 0.25) is 0 Å². The number of aromatic amines is 1. The van der Waals surface area contributed by atoms with Gasteiger partial charge < -0.3 is 9.72 Å². The van der Waals surface area contributed by atoms with Crippen LogP contribution in [0.15, 0.2) is 30.3 Å². The van der Waals surface area contributed by atoms with Crippen molar-refractivity contribution in [3.8, 4) is 11.4 Å². The summed E-state index contributed by atoms with van der Waals surface area (Å²) in [4.78, 5) is 2.78. The third-order valence-corrected chi connectivity index (χ3v) is 3.40. The molecule has 0 aliphatic heterocycles. The maximum Gasteiger partial charge on any atom is 0.184 e. The van der Waals surface area contributed by atoms with Gasteiger partial charge in [0.15, 0.2) is 16.4 Å². The van der Waals surface area contributed by atoms with E-state index in [1.807, 2.05) is 0 Å². The van der Waals surface area contributed by atoms with Gasteiger partial charge in [-0.15, -0.1) is 0 Å². The van der Waals surface area contributed by atoms with Crippen LogP contribution in [0, 0.1) is 22.2 Å². The first-order valence-electron chi connectivity index (χ1n) is 5.95. The molecule has 1 heterocycles. The molecular weight excluding hydrogens is 301 g/mol. The van der Waals surface area contributed by atoms with E-state index >= 15 is 0 Å². The number of rotatable bonds is 2. The molecule has 0 amide bonds. The Bertz CT molecular complexity index is 901. The van der Waals surface area contributed by atoms with E-state index in [0.29, 0.717) is 11.2 Å². The molecular formula is C14H9F3N2OS. The van der Waals surface area contributed by atoms with Crippen LogP contribution in [0.4, 0.5) is 13.2 Å². The number of nitrogens with one attached hydrogen (secondary N) is 1. The van der Waals surface area contributed by atoms with Gasteiger partial charge in [-0.05, 0) is 36.5 Å². The smallest absolute Gasteiger partial charge is 0.184 e. The van der Waals surface area contributed by atoms with Crippen LogP contribution in [-0.4, -0.2) is 16.7 Å². The number of hydrogen-bond donors (Lipinski definition) is 1. The van der Waals surface area contributed by atoms with Gasteiger partial charge in [0.25, 0.3) is 0 Å². The average Bonchev–Trinajstić information content (AvgIpc) is 2.80. The Balaban J connectivity index is 2.43. The van der Waals surface area contributed by atoms with E-state index in [4.69, 9.17) is 17.0 Å². The zero-order valence-corrected chi connectivity index (χ0v) is 11.6. The van der Waals surface area contributed by atoms with Crippen molar-refractivity contribution < 1.29 is 17.9 Å². The van der Waals surface area contributed by atoms with Crippen LogP contribution in [0.1, 0.15) is 0 Å². The standard InChI is InChI=1S/C14H9F3N2OS/c1-20-11-6-7(15)2-5-10(11)19-13-9(18-14(19)21)4-3-8(16)12(13)17/h2-6H,1H3,(H,18,21). The molecule has 0 aliphatic rings. The van der Waals surface area contributed by atoms with Gasteiger partial charge in [0, 0.05) is 6.07 Å². The Kier molecular flexibility index (Phi) is 3.21. The minimum Gasteiger partial charge on any atom is -0.494 e. The number of hydrogen-bond acceptors (Lipinski definition) is 2. The Hall–Kier alpha value is -2.28. The second-order valence-electron chi connectivity index (χ2n) is 4.34. The summed E-state index contributed by atoms with van der Waals surface area (Å²) >= 11 is 5.15. The Morgan fingerprint density at radius 3 is 2.62 bits per heavy atom. The number of halogens is 3. The number of imidazole rings is 1. The topological polar surface area (TPSA) is 29.9 Å². The molecule has 0 saturated carbocycles. The van der Waals surface area contributed by atoms with Gasteiger partial charge in [-0.25, -0.2) is 13.2 Å². The fourth-order valence-electron chi connectivity index (χ4n) is 2.20. The van der Waals surface area contributed by atoms with E-state index in [1.54, 1.807) is 0 Å². The number of benzene rings is 2. The zero-order valence-electron chi connectivity index (χ0n) is 10.8. The van der Waals surface area contributed by atoms with Crippen LogP contribution in [0.2, 0.25) is 0 Å². The second-order valence-corrected chi connectivity index (χ2v) is 4.73. The molecule has 0 fully saturated rings. The highest BCUT2D eigenvalue weighted by Crippen LogP contribution is 2.29. The predicted molar refractivity (Wildman–Crippen MR) is 74.9 cm³/mol. The molecule has 0 saturated heterocycles. The van der Waals surface area contributed by atoms with Crippen molar-refractivity contribution in [2.24, 2.45) is 0 Å². The first kappa shape index (κ1) is 13.7. The molecule has 0 spiro atoms. The van der Waals surface area contributed by atoms with Crippen molar-refractivity contribution in [1.29, 1.82) is 0 Å². The highest BCUT2D eigenvalue weighted by molar-refractivity contribution is 7.71. The van der Waals surface area contributed by atoms with Crippen molar-refractivity contribution in [2.45, 2.75) is 0 Å². The third-order valence-electron chi connectivity index (χ3n) is 3.12. The number of ether oxygens (including phenoxy) is 1. The highest BCUT2D eigenvalue weighted by atomic mass is 32.1. The van der Waals surface area contributed by atoms with Crippen LogP contribution in [0.25, 0.3) is 16.7 Å². The first-order valence-corrected chi connectivity index (χ1v) is 6.36. The molecule has 108 valence electrons. The molecule has 2 aromatic carbocycles. The second kappa shape index (κ2) is 4.92. The van der Waals surface area contributed by atoms with Crippen molar-refractivity contribution >= 4 is 23.3 Å². The van der Waals surface area contributed by atoms with Crippen LogP contribution in [0.5, 0.6) is 5.75 Å². The predicted octanol–water partition coefficient (Wildman–Crippen LogP) is 4.11. The van der Waals surface area contributed by atoms with E-state index < -0.39 is 17.5 Å². The Morgan fingerprint density at radius 2 is 1.90 bits per heavy atom. The minimum absolute atomic E-state index is 0.0510. The van der Waals surface area contributed by atoms with Gasteiger partial charge in [-0.3, -0.25) is 4.57 Å². The molecule has 0 atom stereocenters. The average molecular weight is 310 g/mol. The summed E-state index contributed by atoms with van der Waals surface area (Å²) in [6, 6.07) is 6.12. The fourth-order valence-corrected chi connectivity index (χ4v) is 2.50. The molecule has 1 aromatic heterocycles. The lowest BCUT2D eigenvalue weighted by molar-refractivity contribution is 0.409. The molecule has 1 N–H and O–H groups in total. The maximum atomic E-state index is 14.1. The van der Waals surface area contributed by atoms with Crippen LogP contribution in [0.3, 0.4) is 0 Å². The molecule has 3 rings (SSSR count). The molecule has 3 nitrogen and oxygen atoms in total. The van der Waals surface area contributed by atoms with E-state index in [-0.39, 0.29) is 16.0 Å². The van der Waals surface area contributed by atoms with E-state index in [0.717, 1.165) is 12.1 Å². The summed E-state index contributed by atoms with van der Waals surface area (Å²) in [5.74, 6) is -2.37. The van der Waals surface area contributed by atoms with E-state index in [2.05, 4.69) is 4.98 Å². The zero-order chi connectivity index (χ0) is 15.1. The number of fused-ring (bicyclic) bond motifs is 1. The van der Waals surface area contributed by atoms with Gasteiger partial charge in [0.1, 0.15) is 17.1 Å². The summed E-state index contributed by atoms with van der Waals surface area (Å²) in [5.41, 5.74) is 0.606. The molecule has 3 aromatic rings. The Labute approximate surface area is 122 Å². The summed E-state index contributed by atoms with van der Waals surface area (Å²) in [6.45, 7) is 0. The van der Waals surface area contributed by atoms with Crippen LogP contribution >= 0.6 is 12.2 Å². The lowest BCUT2D eigenvalue weighted by Gasteiger charge is -2.10. The van der Waals surface area contributed by atoms with Crippen molar-refractivity contribution in [3.05, 3.63) is 52.6 Å². The molecule has 0 radical (unpaired) electrons. The van der Waals surface area contributed by atoms with E-state index in [9.17, 15) is 13.2 Å². The number of methoxy groups -OCH3 is 1. The molecule has 0 bridgehead atoms. The van der Waals surface area contributed by atoms with Crippen LogP contribution in [-0.2, 0) is 0 Å². The van der Waals surface area contributed by atoms with Crippen molar-refractivity contribution in [3.63, 3.8) is 0 Å². The third kappa shape index (κ3) is 2.09. The van der Waals surface area contributed by atoms with Crippen molar-refractivity contribution in [1.82, 2.24) is 9.55 Å². The lowest BCUT2D eigenvalue weighted by Crippen LogP contribution is -2.01. The van der Waals surface area contributed by atoms with Gasteiger partial charge >= 0.3 is 0 Å². The number of aromatic nitrogens is 2. The summed E-state index contributed by atoms with van der Waals surface area (Å²) in [7, 11) is 1.35. The lowest BCUT2D eigenvalue weighted by atomic mass is 10.2. The molecule has 0 unspecified atom stereocenters. The van der Waals surface area contributed by atoms with Crippen molar-refractivity contribution in [2.75, 3.05) is 7.11 Å². The van der Waals surface area contributed by atoms with E-state index in [1.165, 1.54) is 29.9 Å². The number of nitrogens with zero attached hydrogens (tertiary/aromatic N) is 1. The highest BCUT2D eigenvalue weighted by Gasteiger charge is 2.17. The molecule has 21 heavy (non-hydrogen) atoms. The van der Waals surface area contributed by atoms with Gasteiger partial charge in [0.05, 0.1) is 18.3 Å². The summed E-state index contributed by atoms with van der Waals surface area (Å²) in [6.07, 6.45) is 0. The fraction of sp³-hybridized carbons (Fsp3) is 0.0714. The van der Waals surface area contributed by atoms with Gasteiger partial charge in [-0.2, -0.15) is 0 Å². The first-order chi connectivity index (χ1) is 10.0. The monoisotopic (exact) mass is 310 g/mol. The minimum atomic E-state index is -1.04. The SMILES string of the molecule is COc1cc(F)ccc1-n1c(=S)[nH]c2ccc(F)c(F)c21. The molecule has 7 heteroatoms. The maximum absolute atomic E-state index is 14.1. The normalized spacial score (nSPS) is 11.0. The summed E-state index contributed by atoms with van der Waals surface area (Å²) in [5, 5.41) is 0. The van der Waals surface area contributed by atoms with Crippen LogP contribution < -0.4 is 4.74 Å². The van der Waals surface area contributed by atoms with Gasteiger partial charge in [-0.1, -0.05) is 0 Å². The largest absolute Gasteiger partial charge is 0.494 e. The Morgan fingerprint density at radius 1 is 1.14 bits per heavy atom.